The molecule has 0 aliphatic heterocycles. The first-order valence-electron chi connectivity index (χ1n) is 5.84. The van der Waals surface area contributed by atoms with E-state index in [0.717, 1.165) is 36.1 Å². The van der Waals surface area contributed by atoms with Crippen molar-refractivity contribution >= 4 is 55.6 Å². The van der Waals surface area contributed by atoms with Gasteiger partial charge in [-0.2, -0.15) is 0 Å². The highest BCUT2D eigenvalue weighted by Crippen LogP contribution is 2.31. The summed E-state index contributed by atoms with van der Waals surface area (Å²) >= 11 is 0. The van der Waals surface area contributed by atoms with Crippen LogP contribution in [0.25, 0.3) is 0 Å². The van der Waals surface area contributed by atoms with E-state index in [0.29, 0.717) is 0 Å². The predicted molar refractivity (Wildman–Crippen MR) is 99.3 cm³/mol. The fraction of sp³-hybridized carbons (Fsp3) is 0.500. The molecule has 1 aromatic rings. The zero-order valence-electron chi connectivity index (χ0n) is 10.7. The molecule has 0 radical (unpaired) electrons. The smallest absolute Gasteiger partial charge is 0.0291 e. The van der Waals surface area contributed by atoms with Crippen molar-refractivity contribution in [1.29, 1.82) is 0 Å². The van der Waals surface area contributed by atoms with Crippen molar-refractivity contribution in [3.63, 3.8) is 0 Å². The third-order valence-electron chi connectivity index (χ3n) is 2.12. The van der Waals surface area contributed by atoms with Gasteiger partial charge in [0, 0.05) is 36.1 Å². The number of halogens is 1. The van der Waals surface area contributed by atoms with Gasteiger partial charge in [0.2, 0.25) is 0 Å². The van der Waals surface area contributed by atoms with Crippen LogP contribution >= 0.6 is 55.6 Å². The van der Waals surface area contributed by atoms with E-state index in [4.69, 9.17) is 11.5 Å². The fourth-order valence-electron chi connectivity index (χ4n) is 1.26. The molecule has 1 aromatic carbocycles. The maximum Gasteiger partial charge on any atom is 0.0291 e. The zero-order chi connectivity index (χ0) is 13.1. The summed E-state index contributed by atoms with van der Waals surface area (Å²) in [6.45, 7) is 1.51. The van der Waals surface area contributed by atoms with Crippen molar-refractivity contribution in [2.45, 2.75) is 11.5 Å². The lowest BCUT2D eigenvalue weighted by molar-refractivity contribution is 1.15. The van der Waals surface area contributed by atoms with Gasteiger partial charge < -0.3 is 11.5 Å². The van der Waals surface area contributed by atoms with Crippen LogP contribution in [0.3, 0.4) is 0 Å². The molecule has 19 heavy (non-hydrogen) atoms. The van der Waals surface area contributed by atoms with E-state index in [-0.39, 0.29) is 12.4 Å². The summed E-state index contributed by atoms with van der Waals surface area (Å²) in [5.41, 5.74) is 13.8. The Balaban J connectivity index is 0.00000324. The molecule has 0 amide bonds. The third kappa shape index (κ3) is 9.39. The van der Waals surface area contributed by atoms with E-state index in [1.54, 1.807) is 0 Å². The minimum Gasteiger partial charge on any atom is -0.330 e. The number of nitrogens with two attached hydrogens (primary N) is 2. The first kappa shape index (κ1) is 19.8. The van der Waals surface area contributed by atoms with Crippen LogP contribution in [0.15, 0.2) is 24.3 Å². The second-order valence-electron chi connectivity index (χ2n) is 3.51. The Morgan fingerprint density at radius 1 is 0.737 bits per heavy atom. The van der Waals surface area contributed by atoms with Crippen molar-refractivity contribution in [3.05, 3.63) is 35.4 Å². The Morgan fingerprint density at radius 3 is 1.53 bits per heavy atom. The molecule has 2 nitrogen and oxygen atoms in total. The van der Waals surface area contributed by atoms with Gasteiger partial charge in [-0.05, 0) is 11.1 Å². The molecule has 0 fully saturated rings. The molecule has 1 rings (SSSR count). The van der Waals surface area contributed by atoms with Crippen LogP contribution in [0.2, 0.25) is 0 Å². The fourth-order valence-corrected chi connectivity index (χ4v) is 5.22. The van der Waals surface area contributed by atoms with Crippen LogP contribution in [-0.2, 0) is 11.5 Å². The first-order chi connectivity index (χ1) is 8.88. The van der Waals surface area contributed by atoms with Crippen LogP contribution in [0.5, 0.6) is 0 Å². The number of hydrogen-bond donors (Lipinski definition) is 2. The van der Waals surface area contributed by atoms with Crippen molar-refractivity contribution in [2.24, 2.45) is 11.5 Å². The van der Waals surface area contributed by atoms with Gasteiger partial charge >= 0.3 is 0 Å². The molecule has 0 aromatic heterocycles. The average Bonchev–Trinajstić information content (AvgIpc) is 2.41. The van der Waals surface area contributed by atoms with Crippen molar-refractivity contribution < 1.29 is 0 Å². The lowest BCUT2D eigenvalue weighted by Gasteiger charge is -2.08. The van der Waals surface area contributed by atoms with Gasteiger partial charge in [-0.25, -0.2) is 0 Å². The summed E-state index contributed by atoms with van der Waals surface area (Å²) in [6.07, 6.45) is 0. The first-order valence-corrected chi connectivity index (χ1v) is 10.8. The molecule has 0 saturated carbocycles. The topological polar surface area (TPSA) is 52.0 Å². The Morgan fingerprint density at radius 2 is 1.16 bits per heavy atom. The summed E-state index contributed by atoms with van der Waals surface area (Å²) in [5, 5.41) is 0. The molecule has 0 spiro atoms. The molecular weight excluding hydrogens is 336 g/mol. The highest BCUT2D eigenvalue weighted by molar-refractivity contribution is 8.76. The maximum atomic E-state index is 5.48. The Bertz CT molecular complexity index is 297. The van der Waals surface area contributed by atoms with Crippen molar-refractivity contribution in [3.8, 4) is 0 Å². The molecule has 110 valence electrons. The van der Waals surface area contributed by atoms with Crippen molar-refractivity contribution in [1.82, 2.24) is 0 Å². The predicted octanol–water partition coefficient (Wildman–Crippen LogP) is 3.79. The molecule has 0 atom stereocenters. The van der Waals surface area contributed by atoms with E-state index in [2.05, 4.69) is 24.3 Å². The Labute approximate surface area is 138 Å². The van der Waals surface area contributed by atoms with E-state index < -0.39 is 0 Å². The SMILES string of the molecule is Cl.NCCSSCc1ccccc1CSSCCN. The molecule has 0 saturated heterocycles. The largest absolute Gasteiger partial charge is 0.330 e. The summed E-state index contributed by atoms with van der Waals surface area (Å²) in [4.78, 5) is 0. The summed E-state index contributed by atoms with van der Waals surface area (Å²) in [7, 11) is 7.48. The van der Waals surface area contributed by atoms with Crippen LogP contribution < -0.4 is 11.5 Å². The number of benzene rings is 1. The quantitative estimate of drug-likeness (QED) is 0.491. The van der Waals surface area contributed by atoms with Gasteiger partial charge in [0.1, 0.15) is 0 Å². The van der Waals surface area contributed by atoms with Gasteiger partial charge in [-0.1, -0.05) is 67.4 Å². The molecule has 0 bridgehead atoms. The number of hydrogen-bond acceptors (Lipinski definition) is 6. The van der Waals surface area contributed by atoms with E-state index in [1.807, 2.05) is 43.2 Å². The summed E-state index contributed by atoms with van der Waals surface area (Å²) < 4.78 is 0. The minimum absolute atomic E-state index is 0. The number of rotatable bonds is 10. The molecule has 0 aliphatic carbocycles. The van der Waals surface area contributed by atoms with E-state index >= 15 is 0 Å². The van der Waals surface area contributed by atoms with Crippen LogP contribution in [0.1, 0.15) is 11.1 Å². The van der Waals surface area contributed by atoms with Gasteiger partial charge in [-0.3, -0.25) is 0 Å². The van der Waals surface area contributed by atoms with Gasteiger partial charge in [0.05, 0.1) is 0 Å². The van der Waals surface area contributed by atoms with Gasteiger partial charge in [-0.15, -0.1) is 12.4 Å². The lowest BCUT2D eigenvalue weighted by Crippen LogP contribution is -2.00. The molecule has 7 heteroatoms. The van der Waals surface area contributed by atoms with Crippen LogP contribution in [0, 0.1) is 0 Å². The second-order valence-corrected chi connectivity index (χ2v) is 8.68. The molecular formula is C12H21ClN2S4. The molecule has 4 N–H and O–H groups in total. The summed E-state index contributed by atoms with van der Waals surface area (Å²) in [5.74, 6) is 4.16. The highest BCUT2D eigenvalue weighted by Gasteiger charge is 2.02. The average molecular weight is 357 g/mol. The van der Waals surface area contributed by atoms with Crippen LogP contribution in [-0.4, -0.2) is 24.6 Å². The second kappa shape index (κ2) is 13.8. The van der Waals surface area contributed by atoms with Crippen LogP contribution in [0.4, 0.5) is 0 Å². The third-order valence-corrected chi connectivity index (χ3v) is 6.82. The zero-order valence-corrected chi connectivity index (χ0v) is 14.8. The normalized spacial score (nSPS) is 10.2. The van der Waals surface area contributed by atoms with Crippen molar-refractivity contribution in [2.75, 3.05) is 24.6 Å². The Hall–Kier alpha value is 0.830. The van der Waals surface area contributed by atoms with E-state index in [1.165, 1.54) is 11.1 Å². The summed E-state index contributed by atoms with van der Waals surface area (Å²) in [6, 6.07) is 8.67. The van der Waals surface area contributed by atoms with E-state index in [9.17, 15) is 0 Å². The Kier molecular flexibility index (Phi) is 14.4. The molecule has 0 unspecified atom stereocenters. The standard InChI is InChI=1S/C12H20N2S4.ClH/c13-5-7-15-17-9-11-3-1-2-4-12(11)10-18-16-8-6-14;/h1-4H,5-10,13-14H2;1H. The maximum absolute atomic E-state index is 5.48. The molecule has 0 heterocycles. The minimum atomic E-state index is 0. The lowest BCUT2D eigenvalue weighted by atomic mass is 10.1. The molecule has 0 aliphatic rings. The monoisotopic (exact) mass is 356 g/mol. The highest BCUT2D eigenvalue weighted by atomic mass is 35.5. The van der Waals surface area contributed by atoms with Gasteiger partial charge in [0.15, 0.2) is 0 Å². The van der Waals surface area contributed by atoms with Gasteiger partial charge in [0.25, 0.3) is 0 Å².